The van der Waals surface area contributed by atoms with Crippen molar-refractivity contribution in [1.82, 2.24) is 0 Å². The number of methoxy groups -OCH3 is 1. The van der Waals surface area contributed by atoms with E-state index in [1.54, 1.807) is 19.1 Å². The third-order valence-electron chi connectivity index (χ3n) is 7.77. The van der Waals surface area contributed by atoms with Gasteiger partial charge in [0.05, 0.1) is 12.2 Å². The minimum atomic E-state index is -0.501. The quantitative estimate of drug-likeness (QED) is 0.135. The molecule has 0 N–H and O–H groups in total. The van der Waals surface area contributed by atoms with E-state index in [1.165, 1.54) is 43.9 Å². The summed E-state index contributed by atoms with van der Waals surface area (Å²) in [6, 6.07) is 21.9. The summed E-state index contributed by atoms with van der Waals surface area (Å²) in [4.78, 5) is 24.3. The zero-order valence-electron chi connectivity index (χ0n) is 24.4. The molecule has 0 bridgehead atoms. The van der Waals surface area contributed by atoms with Crippen LogP contribution in [0.5, 0.6) is 11.5 Å². The molecule has 1 saturated carbocycles. The average Bonchev–Trinajstić information content (AvgIpc) is 2.98. The zero-order valence-corrected chi connectivity index (χ0v) is 24.4. The fraction of sp³-hybridized carbons (Fsp3) is 0.333. The van der Waals surface area contributed by atoms with Crippen LogP contribution in [0.25, 0.3) is 22.3 Å². The van der Waals surface area contributed by atoms with E-state index >= 15 is 0 Å². The Kier molecular flexibility index (Phi) is 10.3. The first kappa shape index (κ1) is 30.0. The highest BCUT2D eigenvalue weighted by Crippen LogP contribution is 2.42. The lowest BCUT2D eigenvalue weighted by molar-refractivity contribution is -0.131. The number of benzene rings is 3. The van der Waals surface area contributed by atoms with Gasteiger partial charge in [-0.2, -0.15) is 0 Å². The Bertz CT molecular complexity index is 1380. The first-order chi connectivity index (χ1) is 19.8. The van der Waals surface area contributed by atoms with Gasteiger partial charge in [0.2, 0.25) is 0 Å². The van der Waals surface area contributed by atoms with Gasteiger partial charge in [-0.3, -0.25) is 0 Å². The number of hydrogen-bond acceptors (Lipinski definition) is 5. The second kappa shape index (κ2) is 14.1. The Morgan fingerprint density at radius 1 is 0.780 bits per heavy atom. The van der Waals surface area contributed by atoms with Crippen molar-refractivity contribution in [2.24, 2.45) is 5.92 Å². The normalized spacial score (nSPS) is 16.6. The predicted molar refractivity (Wildman–Crippen MR) is 164 cm³/mol. The summed E-state index contributed by atoms with van der Waals surface area (Å²) in [5, 5.41) is 0. The molecular weight excluding hydrogens is 512 g/mol. The molecule has 0 radical (unpaired) electrons. The highest BCUT2D eigenvalue weighted by molar-refractivity contribution is 5.90. The number of ether oxygens (including phenoxy) is 3. The van der Waals surface area contributed by atoms with E-state index in [9.17, 15) is 9.59 Å². The van der Waals surface area contributed by atoms with Gasteiger partial charge in [0.25, 0.3) is 0 Å². The molecule has 0 atom stereocenters. The summed E-state index contributed by atoms with van der Waals surface area (Å²) < 4.78 is 15.9. The van der Waals surface area contributed by atoms with Gasteiger partial charge in [-0.1, -0.05) is 75.4 Å². The largest absolute Gasteiger partial charge is 0.423 e. The number of carbonyl (C=O) groups excluding carboxylic acids is 2. The molecule has 0 unspecified atom stereocenters. The van der Waals surface area contributed by atoms with Gasteiger partial charge >= 0.3 is 11.9 Å². The second-order valence-corrected chi connectivity index (χ2v) is 11.0. The maximum absolute atomic E-state index is 12.2. The molecule has 0 saturated heterocycles. The van der Waals surface area contributed by atoms with E-state index in [0.717, 1.165) is 35.4 Å². The van der Waals surface area contributed by atoms with Crippen LogP contribution in [0.3, 0.4) is 0 Å². The van der Waals surface area contributed by atoms with Crippen molar-refractivity contribution in [3.8, 4) is 33.8 Å². The van der Waals surface area contributed by atoms with Crippen molar-refractivity contribution in [2.45, 2.75) is 58.3 Å². The molecule has 1 fully saturated rings. The van der Waals surface area contributed by atoms with Crippen LogP contribution in [0.1, 0.15) is 63.9 Å². The third-order valence-corrected chi connectivity index (χ3v) is 7.77. The topological polar surface area (TPSA) is 61.8 Å². The summed E-state index contributed by atoms with van der Waals surface area (Å²) >= 11 is 0. The molecule has 0 aromatic heterocycles. The fourth-order valence-electron chi connectivity index (χ4n) is 5.54. The summed E-state index contributed by atoms with van der Waals surface area (Å²) in [6.07, 6.45) is 7.28. The van der Waals surface area contributed by atoms with Crippen molar-refractivity contribution >= 4 is 11.9 Å². The van der Waals surface area contributed by atoms with Crippen LogP contribution in [-0.4, -0.2) is 25.7 Å². The smallest absolute Gasteiger partial charge is 0.341 e. The molecule has 0 amide bonds. The summed E-state index contributed by atoms with van der Waals surface area (Å²) in [5.74, 6) is 1.35. The van der Waals surface area contributed by atoms with Crippen LogP contribution in [0.15, 0.2) is 91.0 Å². The van der Waals surface area contributed by atoms with Crippen LogP contribution in [-0.2, 0) is 14.3 Å². The maximum atomic E-state index is 12.2. The molecule has 3 aromatic rings. The maximum Gasteiger partial charge on any atom is 0.341 e. The molecule has 214 valence electrons. The first-order valence-corrected chi connectivity index (χ1v) is 14.4. The molecular formula is C36H40O5. The van der Waals surface area contributed by atoms with Crippen LogP contribution >= 0.6 is 0 Å². The number of carbonyl (C=O) groups is 2. The van der Waals surface area contributed by atoms with E-state index in [-0.39, 0.29) is 12.2 Å². The molecule has 1 aliphatic carbocycles. The molecule has 5 heteroatoms. The number of hydrogen-bond donors (Lipinski definition) is 0. The second-order valence-electron chi connectivity index (χ2n) is 11.0. The van der Waals surface area contributed by atoms with Gasteiger partial charge in [0.1, 0.15) is 11.5 Å². The summed E-state index contributed by atoms with van der Waals surface area (Å²) in [5.41, 5.74) is 6.26. The highest BCUT2D eigenvalue weighted by Gasteiger charge is 2.25. The lowest BCUT2D eigenvalue weighted by Crippen LogP contribution is -2.14. The monoisotopic (exact) mass is 552 g/mol. The minimum absolute atomic E-state index is 0.132. The summed E-state index contributed by atoms with van der Waals surface area (Å²) in [7, 11) is 1.51. The molecule has 4 rings (SSSR count). The average molecular weight is 553 g/mol. The van der Waals surface area contributed by atoms with E-state index in [1.807, 2.05) is 18.2 Å². The van der Waals surface area contributed by atoms with Crippen molar-refractivity contribution in [2.75, 3.05) is 13.7 Å². The van der Waals surface area contributed by atoms with Gasteiger partial charge in [0.15, 0.2) is 0 Å². The van der Waals surface area contributed by atoms with E-state index in [0.29, 0.717) is 23.0 Å². The zero-order chi connectivity index (χ0) is 29.4. The molecule has 1 aliphatic rings. The Morgan fingerprint density at radius 3 is 1.93 bits per heavy atom. The Hall–Kier alpha value is -3.96. The lowest BCUT2D eigenvalue weighted by atomic mass is 9.75. The van der Waals surface area contributed by atoms with Crippen LogP contribution < -0.4 is 9.47 Å². The highest BCUT2D eigenvalue weighted by atomic mass is 16.5. The minimum Gasteiger partial charge on any atom is -0.423 e. The van der Waals surface area contributed by atoms with Gasteiger partial charge in [-0.15, -0.1) is 0 Å². The van der Waals surface area contributed by atoms with Gasteiger partial charge in [0, 0.05) is 12.7 Å². The molecule has 0 aliphatic heterocycles. The number of esters is 2. The SMILES string of the molecule is C=C(C)C(=O)Oc1ccc(-c2ccc(-c3ccc(OC(=O)C(=C)COC)cc3)cc2)c(C2CCC(CCC)CC2)c1. The molecule has 41 heavy (non-hydrogen) atoms. The van der Waals surface area contributed by atoms with Gasteiger partial charge < -0.3 is 14.2 Å². The van der Waals surface area contributed by atoms with E-state index in [4.69, 9.17) is 14.2 Å². The van der Waals surface area contributed by atoms with Crippen LogP contribution in [0, 0.1) is 5.92 Å². The van der Waals surface area contributed by atoms with Crippen molar-refractivity contribution in [3.63, 3.8) is 0 Å². The molecule has 0 heterocycles. The van der Waals surface area contributed by atoms with Crippen LogP contribution in [0.2, 0.25) is 0 Å². The lowest BCUT2D eigenvalue weighted by Gasteiger charge is -2.30. The van der Waals surface area contributed by atoms with E-state index in [2.05, 4.69) is 56.5 Å². The predicted octanol–water partition coefficient (Wildman–Crippen LogP) is 8.68. The standard InChI is InChI=1S/C36H40O5/c1-6-7-26-8-10-30(11-9-26)34-22-32(41-35(37)24(2)3)20-21-33(34)29-14-12-27(13-15-29)28-16-18-31(19-17-28)40-36(38)25(4)23-39-5/h12-22,26,30H,2,4,6-11,23H2,1,3,5H3. The molecule has 0 spiro atoms. The first-order valence-electron chi connectivity index (χ1n) is 14.4. The van der Waals surface area contributed by atoms with Gasteiger partial charge in [-0.25, -0.2) is 9.59 Å². The fourth-order valence-corrected chi connectivity index (χ4v) is 5.54. The van der Waals surface area contributed by atoms with Crippen molar-refractivity contribution in [3.05, 3.63) is 96.6 Å². The van der Waals surface area contributed by atoms with Crippen LogP contribution in [0.4, 0.5) is 0 Å². The Labute approximate surface area is 243 Å². The van der Waals surface area contributed by atoms with E-state index < -0.39 is 11.9 Å². The Balaban J connectivity index is 1.55. The van der Waals surface area contributed by atoms with Crippen molar-refractivity contribution < 1.29 is 23.8 Å². The summed E-state index contributed by atoms with van der Waals surface area (Å²) in [6.45, 7) is 11.5. The molecule has 5 nitrogen and oxygen atoms in total. The third kappa shape index (κ3) is 7.83. The number of rotatable bonds is 11. The Morgan fingerprint density at radius 2 is 1.34 bits per heavy atom. The van der Waals surface area contributed by atoms with Gasteiger partial charge in [-0.05, 0) is 96.5 Å². The molecule has 3 aromatic carbocycles. The van der Waals surface area contributed by atoms with Crippen molar-refractivity contribution in [1.29, 1.82) is 0 Å².